The summed E-state index contributed by atoms with van der Waals surface area (Å²) in [5.74, 6) is 0. The predicted octanol–water partition coefficient (Wildman–Crippen LogP) is 3.13. The Balaban J connectivity index is 3.44. The summed E-state index contributed by atoms with van der Waals surface area (Å²) in [5, 5.41) is 8.28. The third kappa shape index (κ3) is 9.03. The van der Waals surface area contributed by atoms with E-state index in [1.54, 1.807) is 0 Å². The quantitative estimate of drug-likeness (QED) is 0.748. The van der Waals surface area contributed by atoms with Crippen molar-refractivity contribution in [3.63, 3.8) is 0 Å². The standard InChI is InChI=1S/C6H10Cl4O/c7-5(2-1-3-11)4-6(8,9)10/h5,11H,1-4H2. The topological polar surface area (TPSA) is 20.2 Å². The molecule has 0 rings (SSSR count). The Morgan fingerprint density at radius 1 is 1.27 bits per heavy atom. The number of alkyl halides is 4. The summed E-state index contributed by atoms with van der Waals surface area (Å²) in [6, 6.07) is 0. The number of aliphatic hydroxyl groups excluding tert-OH is 1. The maximum atomic E-state index is 8.46. The first-order valence-electron chi connectivity index (χ1n) is 3.27. The summed E-state index contributed by atoms with van der Waals surface area (Å²) in [4.78, 5) is 0. The minimum Gasteiger partial charge on any atom is -0.396 e. The first-order valence-corrected chi connectivity index (χ1v) is 4.84. The molecular weight excluding hydrogens is 230 g/mol. The number of hydrogen-bond donors (Lipinski definition) is 1. The first-order chi connectivity index (χ1) is 4.95. The van der Waals surface area contributed by atoms with Gasteiger partial charge < -0.3 is 5.11 Å². The fraction of sp³-hybridized carbons (Fsp3) is 1.00. The number of hydrogen-bond acceptors (Lipinski definition) is 1. The number of rotatable bonds is 4. The Bertz CT molecular complexity index is 101. The second kappa shape index (κ2) is 5.71. The summed E-state index contributed by atoms with van der Waals surface area (Å²) in [7, 11) is 0. The Labute approximate surface area is 86.6 Å². The van der Waals surface area contributed by atoms with E-state index in [1.807, 2.05) is 0 Å². The normalized spacial score (nSPS) is 15.0. The van der Waals surface area contributed by atoms with Gasteiger partial charge in [0.15, 0.2) is 3.79 Å². The molecule has 0 fully saturated rings. The van der Waals surface area contributed by atoms with E-state index >= 15 is 0 Å². The molecule has 0 aliphatic rings. The highest BCUT2D eigenvalue weighted by Crippen LogP contribution is 2.33. The molecule has 0 heterocycles. The van der Waals surface area contributed by atoms with Crippen LogP contribution in [0.25, 0.3) is 0 Å². The zero-order valence-electron chi connectivity index (χ0n) is 5.86. The number of aliphatic hydroxyl groups is 1. The molecule has 0 aromatic rings. The van der Waals surface area contributed by atoms with Gasteiger partial charge in [-0.25, -0.2) is 0 Å². The molecule has 0 bridgehead atoms. The van der Waals surface area contributed by atoms with Gasteiger partial charge in [0.05, 0.1) is 0 Å². The Kier molecular flexibility index (Phi) is 6.29. The van der Waals surface area contributed by atoms with Crippen LogP contribution in [0, 0.1) is 0 Å². The van der Waals surface area contributed by atoms with Crippen LogP contribution in [-0.4, -0.2) is 20.9 Å². The minimum atomic E-state index is -1.28. The first kappa shape index (κ1) is 12.1. The molecule has 0 spiro atoms. The van der Waals surface area contributed by atoms with Crippen LogP contribution in [-0.2, 0) is 0 Å². The molecule has 5 heteroatoms. The molecule has 1 nitrogen and oxygen atoms in total. The molecule has 11 heavy (non-hydrogen) atoms. The fourth-order valence-corrected chi connectivity index (χ4v) is 1.85. The van der Waals surface area contributed by atoms with Gasteiger partial charge >= 0.3 is 0 Å². The summed E-state index contributed by atoms with van der Waals surface area (Å²) in [6.45, 7) is 0.128. The maximum Gasteiger partial charge on any atom is 0.192 e. The monoisotopic (exact) mass is 238 g/mol. The zero-order valence-corrected chi connectivity index (χ0v) is 8.89. The van der Waals surface area contributed by atoms with Crippen LogP contribution in [0.2, 0.25) is 0 Å². The van der Waals surface area contributed by atoms with Crippen LogP contribution >= 0.6 is 46.4 Å². The zero-order chi connectivity index (χ0) is 8.91. The van der Waals surface area contributed by atoms with E-state index < -0.39 is 3.79 Å². The molecule has 0 aliphatic carbocycles. The van der Waals surface area contributed by atoms with E-state index in [0.29, 0.717) is 19.3 Å². The molecule has 0 radical (unpaired) electrons. The van der Waals surface area contributed by atoms with Crippen molar-refractivity contribution < 1.29 is 5.11 Å². The third-order valence-corrected chi connectivity index (χ3v) is 1.96. The second-order valence-corrected chi connectivity index (χ2v) is 5.42. The van der Waals surface area contributed by atoms with Gasteiger partial charge in [-0.05, 0) is 12.8 Å². The fourth-order valence-electron chi connectivity index (χ4n) is 0.666. The molecule has 0 aliphatic heterocycles. The molecule has 0 saturated heterocycles. The average Bonchev–Trinajstić information content (AvgIpc) is 1.79. The van der Waals surface area contributed by atoms with Crippen LogP contribution < -0.4 is 0 Å². The Morgan fingerprint density at radius 3 is 2.18 bits per heavy atom. The van der Waals surface area contributed by atoms with Gasteiger partial charge in [0.25, 0.3) is 0 Å². The third-order valence-electron chi connectivity index (χ3n) is 1.13. The molecule has 0 aromatic heterocycles. The van der Waals surface area contributed by atoms with E-state index in [-0.39, 0.29) is 12.0 Å². The summed E-state index contributed by atoms with van der Waals surface area (Å²) in [5.41, 5.74) is 0. The minimum absolute atomic E-state index is 0.128. The van der Waals surface area contributed by atoms with E-state index in [9.17, 15) is 0 Å². The van der Waals surface area contributed by atoms with Gasteiger partial charge in [0.1, 0.15) is 0 Å². The lowest BCUT2D eigenvalue weighted by molar-refractivity contribution is 0.283. The van der Waals surface area contributed by atoms with E-state index in [4.69, 9.17) is 51.5 Å². The van der Waals surface area contributed by atoms with Crippen molar-refractivity contribution in [2.24, 2.45) is 0 Å². The summed E-state index contributed by atoms with van der Waals surface area (Å²) in [6.07, 6.45) is 1.64. The van der Waals surface area contributed by atoms with Gasteiger partial charge in [0.2, 0.25) is 0 Å². The maximum absolute atomic E-state index is 8.46. The lowest BCUT2D eigenvalue weighted by Crippen LogP contribution is -2.12. The van der Waals surface area contributed by atoms with E-state index in [0.717, 1.165) is 0 Å². The van der Waals surface area contributed by atoms with E-state index in [1.165, 1.54) is 0 Å². The van der Waals surface area contributed by atoms with Crippen molar-refractivity contribution in [2.75, 3.05) is 6.61 Å². The molecule has 0 saturated carbocycles. The van der Waals surface area contributed by atoms with Gasteiger partial charge in [-0.15, -0.1) is 11.6 Å². The van der Waals surface area contributed by atoms with Gasteiger partial charge in [-0.1, -0.05) is 34.8 Å². The largest absolute Gasteiger partial charge is 0.396 e. The van der Waals surface area contributed by atoms with Crippen molar-refractivity contribution in [1.29, 1.82) is 0 Å². The van der Waals surface area contributed by atoms with Crippen molar-refractivity contribution in [2.45, 2.75) is 28.4 Å². The Morgan fingerprint density at radius 2 is 1.82 bits per heavy atom. The smallest absolute Gasteiger partial charge is 0.192 e. The van der Waals surface area contributed by atoms with Crippen molar-refractivity contribution >= 4 is 46.4 Å². The van der Waals surface area contributed by atoms with Crippen LogP contribution in [0.5, 0.6) is 0 Å². The molecule has 0 amide bonds. The highest BCUT2D eigenvalue weighted by Gasteiger charge is 2.23. The SMILES string of the molecule is OCCCC(Cl)CC(Cl)(Cl)Cl. The average molecular weight is 240 g/mol. The van der Waals surface area contributed by atoms with Crippen molar-refractivity contribution in [1.82, 2.24) is 0 Å². The molecule has 1 unspecified atom stereocenters. The van der Waals surface area contributed by atoms with Gasteiger partial charge in [0, 0.05) is 18.4 Å². The highest BCUT2D eigenvalue weighted by molar-refractivity contribution is 6.67. The van der Waals surface area contributed by atoms with Gasteiger partial charge in [-0.3, -0.25) is 0 Å². The molecule has 1 atom stereocenters. The van der Waals surface area contributed by atoms with E-state index in [2.05, 4.69) is 0 Å². The summed E-state index contributed by atoms with van der Waals surface area (Å²) >= 11 is 22.3. The van der Waals surface area contributed by atoms with Crippen LogP contribution in [0.1, 0.15) is 19.3 Å². The number of halogens is 4. The van der Waals surface area contributed by atoms with Crippen LogP contribution in [0.3, 0.4) is 0 Å². The van der Waals surface area contributed by atoms with Crippen molar-refractivity contribution in [3.8, 4) is 0 Å². The van der Waals surface area contributed by atoms with Crippen molar-refractivity contribution in [3.05, 3.63) is 0 Å². The lowest BCUT2D eigenvalue weighted by Gasteiger charge is -2.14. The predicted molar refractivity (Wildman–Crippen MR) is 50.9 cm³/mol. The Hall–Kier alpha value is 1.12. The highest BCUT2D eigenvalue weighted by atomic mass is 35.6. The van der Waals surface area contributed by atoms with Gasteiger partial charge in [-0.2, -0.15) is 0 Å². The molecule has 0 aromatic carbocycles. The second-order valence-electron chi connectivity index (χ2n) is 2.28. The molecular formula is C6H10Cl4O. The lowest BCUT2D eigenvalue weighted by atomic mass is 10.2. The molecule has 68 valence electrons. The summed E-state index contributed by atoms with van der Waals surface area (Å²) < 4.78 is -1.28. The van der Waals surface area contributed by atoms with Crippen LogP contribution in [0.4, 0.5) is 0 Å². The van der Waals surface area contributed by atoms with Crippen LogP contribution in [0.15, 0.2) is 0 Å². The molecule has 1 N–H and O–H groups in total.